The minimum atomic E-state index is 0.0638. The summed E-state index contributed by atoms with van der Waals surface area (Å²) in [4.78, 5) is 17.2. The van der Waals surface area contributed by atoms with Crippen molar-refractivity contribution in [2.45, 2.75) is 38.9 Å². The molecule has 2 bridgehead atoms. The van der Waals surface area contributed by atoms with E-state index in [2.05, 4.69) is 35.0 Å². The molecule has 0 spiro atoms. The third kappa shape index (κ3) is 3.09. The van der Waals surface area contributed by atoms with E-state index < -0.39 is 0 Å². The smallest absolute Gasteiger partial charge is 0.253 e. The van der Waals surface area contributed by atoms with Crippen LogP contribution in [0.5, 0.6) is 5.75 Å². The summed E-state index contributed by atoms with van der Waals surface area (Å²) in [6.07, 6.45) is 3.21. The predicted octanol–water partition coefficient (Wildman–Crippen LogP) is 2.57. The Bertz CT molecular complexity index is 932. The van der Waals surface area contributed by atoms with Crippen LogP contribution in [-0.2, 0) is 13.6 Å². The van der Waals surface area contributed by atoms with E-state index in [4.69, 9.17) is 4.74 Å². The Kier molecular flexibility index (Phi) is 4.60. The van der Waals surface area contributed by atoms with E-state index in [9.17, 15) is 4.79 Å². The van der Waals surface area contributed by atoms with Crippen LogP contribution in [0.25, 0.3) is 11.1 Å². The molecule has 2 aromatic rings. The van der Waals surface area contributed by atoms with Crippen LogP contribution in [0.4, 0.5) is 0 Å². The Morgan fingerprint density at radius 3 is 2.52 bits per heavy atom. The largest absolute Gasteiger partial charge is 0.496 e. The van der Waals surface area contributed by atoms with Gasteiger partial charge in [-0.15, -0.1) is 0 Å². The maximum absolute atomic E-state index is 12.2. The molecule has 3 heterocycles. The fourth-order valence-corrected chi connectivity index (χ4v) is 4.67. The molecule has 2 aliphatic rings. The lowest BCUT2D eigenvalue weighted by Crippen LogP contribution is -2.43. The molecule has 2 aliphatic heterocycles. The van der Waals surface area contributed by atoms with Gasteiger partial charge in [-0.05, 0) is 44.5 Å². The lowest BCUT2D eigenvalue weighted by Gasteiger charge is -2.32. The molecule has 1 aromatic carbocycles. The van der Waals surface area contributed by atoms with Gasteiger partial charge in [-0.3, -0.25) is 9.69 Å². The topological polar surface area (TPSA) is 37.7 Å². The van der Waals surface area contributed by atoms with Crippen molar-refractivity contribution in [3.63, 3.8) is 0 Å². The van der Waals surface area contributed by atoms with E-state index in [0.717, 1.165) is 41.1 Å². The van der Waals surface area contributed by atoms with Crippen molar-refractivity contribution in [3.8, 4) is 16.9 Å². The van der Waals surface area contributed by atoms with Gasteiger partial charge < -0.3 is 14.2 Å². The van der Waals surface area contributed by atoms with E-state index in [-0.39, 0.29) is 5.56 Å². The minimum Gasteiger partial charge on any atom is -0.496 e. The van der Waals surface area contributed by atoms with Gasteiger partial charge >= 0.3 is 0 Å². The molecular weight excluding hydrogens is 338 g/mol. The highest BCUT2D eigenvalue weighted by atomic mass is 16.5. The van der Waals surface area contributed by atoms with Gasteiger partial charge in [0.05, 0.1) is 7.11 Å². The number of fused-ring (bicyclic) bond motifs is 2. The number of aromatic nitrogens is 1. The first-order valence-corrected chi connectivity index (χ1v) is 9.67. The molecule has 144 valence electrons. The summed E-state index contributed by atoms with van der Waals surface area (Å²) < 4.78 is 7.40. The zero-order valence-electron chi connectivity index (χ0n) is 17.0. The Labute approximate surface area is 161 Å². The highest BCUT2D eigenvalue weighted by Crippen LogP contribution is 2.34. The summed E-state index contributed by atoms with van der Waals surface area (Å²) in [7, 11) is 5.78. The molecule has 2 fully saturated rings. The third-order valence-electron chi connectivity index (χ3n) is 6.53. The van der Waals surface area contributed by atoms with Crippen LogP contribution in [0, 0.1) is 13.8 Å². The van der Waals surface area contributed by atoms with E-state index in [0.29, 0.717) is 12.1 Å². The number of nitrogens with zero attached hydrogens (tertiary/aromatic N) is 3. The molecule has 4 rings (SSSR count). The lowest BCUT2D eigenvalue weighted by atomic mass is 9.98. The van der Waals surface area contributed by atoms with Crippen molar-refractivity contribution in [3.05, 3.63) is 51.4 Å². The van der Waals surface area contributed by atoms with Gasteiger partial charge in [0, 0.05) is 61.7 Å². The highest BCUT2D eigenvalue weighted by molar-refractivity contribution is 5.69. The summed E-state index contributed by atoms with van der Waals surface area (Å²) in [5, 5.41) is 0. The van der Waals surface area contributed by atoms with Gasteiger partial charge in [0.25, 0.3) is 5.56 Å². The van der Waals surface area contributed by atoms with Crippen LogP contribution in [0.1, 0.15) is 23.1 Å². The Morgan fingerprint density at radius 2 is 1.89 bits per heavy atom. The van der Waals surface area contributed by atoms with Crippen molar-refractivity contribution in [2.75, 3.05) is 27.2 Å². The van der Waals surface area contributed by atoms with Crippen LogP contribution in [0.2, 0.25) is 0 Å². The fourth-order valence-electron chi connectivity index (χ4n) is 4.67. The maximum atomic E-state index is 12.2. The molecule has 0 N–H and O–H groups in total. The molecule has 2 atom stereocenters. The standard InChI is InChI=1S/C22H29N3O2/c1-14-15(2)22(26)24(4)13-20(14)16-6-7-17(21(8-16)27-5)10-25-12-18-9-19(25)11-23(18)3/h6-8,13,18-19H,9-12H2,1-5H3/t18-,19?/m0/s1. The first-order valence-electron chi connectivity index (χ1n) is 9.67. The van der Waals surface area contributed by atoms with Crippen LogP contribution in [0.15, 0.2) is 29.2 Å². The minimum absolute atomic E-state index is 0.0638. The zero-order valence-corrected chi connectivity index (χ0v) is 17.0. The Morgan fingerprint density at radius 1 is 1.11 bits per heavy atom. The maximum Gasteiger partial charge on any atom is 0.253 e. The number of hydrogen-bond acceptors (Lipinski definition) is 4. The number of likely N-dealkylation sites (N-methyl/N-ethyl adjacent to an activating group) is 1. The molecule has 0 saturated carbocycles. The molecule has 0 aliphatic carbocycles. The number of hydrogen-bond donors (Lipinski definition) is 0. The first-order chi connectivity index (χ1) is 12.9. The van der Waals surface area contributed by atoms with E-state index >= 15 is 0 Å². The summed E-state index contributed by atoms with van der Waals surface area (Å²) in [6, 6.07) is 7.82. The van der Waals surface area contributed by atoms with E-state index in [1.165, 1.54) is 18.5 Å². The van der Waals surface area contributed by atoms with Gasteiger partial charge in [0.2, 0.25) is 0 Å². The third-order valence-corrected chi connectivity index (χ3v) is 6.53. The van der Waals surface area contributed by atoms with E-state index in [1.54, 1.807) is 11.7 Å². The van der Waals surface area contributed by atoms with E-state index in [1.807, 2.05) is 27.1 Å². The monoisotopic (exact) mass is 367 g/mol. The first kappa shape index (κ1) is 18.3. The van der Waals surface area contributed by atoms with Crippen molar-refractivity contribution in [1.82, 2.24) is 14.4 Å². The van der Waals surface area contributed by atoms with Crippen molar-refractivity contribution < 1.29 is 4.74 Å². The quantitative estimate of drug-likeness (QED) is 0.832. The van der Waals surface area contributed by atoms with Crippen molar-refractivity contribution in [1.29, 1.82) is 0 Å². The van der Waals surface area contributed by atoms with Crippen molar-refractivity contribution in [2.24, 2.45) is 7.05 Å². The molecule has 0 radical (unpaired) electrons. The number of aryl methyl sites for hydroxylation is 1. The SMILES string of the molecule is COc1cc(-c2cn(C)c(=O)c(C)c2C)ccc1CN1C[C@@H]2CC1CN2C. The molecule has 27 heavy (non-hydrogen) atoms. The average Bonchev–Trinajstić information content (AvgIpc) is 3.22. The molecule has 1 unspecified atom stereocenters. The average molecular weight is 367 g/mol. The van der Waals surface area contributed by atoms with Gasteiger partial charge in [0.15, 0.2) is 0 Å². The summed E-state index contributed by atoms with van der Waals surface area (Å²) in [5.74, 6) is 0.925. The molecule has 0 amide bonds. The van der Waals surface area contributed by atoms with Crippen LogP contribution < -0.4 is 10.3 Å². The normalized spacial score (nSPS) is 22.6. The van der Waals surface area contributed by atoms with Crippen molar-refractivity contribution >= 4 is 0 Å². The Hall–Kier alpha value is -2.11. The Balaban J connectivity index is 1.64. The second-order valence-corrected chi connectivity index (χ2v) is 8.15. The zero-order chi connectivity index (χ0) is 19.3. The number of pyridine rings is 1. The van der Waals surface area contributed by atoms with Gasteiger partial charge in [0.1, 0.15) is 5.75 Å². The lowest BCUT2D eigenvalue weighted by molar-refractivity contribution is 0.142. The number of piperazine rings is 1. The number of rotatable bonds is 4. The number of likely N-dealkylation sites (tertiary alicyclic amines) is 2. The summed E-state index contributed by atoms with van der Waals surface area (Å²) in [6.45, 7) is 7.16. The van der Waals surface area contributed by atoms with Crippen LogP contribution in [0.3, 0.4) is 0 Å². The second kappa shape index (κ2) is 6.80. The van der Waals surface area contributed by atoms with Gasteiger partial charge in [-0.25, -0.2) is 0 Å². The fraction of sp³-hybridized carbons (Fsp3) is 0.500. The number of methoxy groups -OCH3 is 1. The number of benzene rings is 1. The molecule has 2 saturated heterocycles. The molecule has 5 nitrogen and oxygen atoms in total. The predicted molar refractivity (Wildman–Crippen MR) is 108 cm³/mol. The van der Waals surface area contributed by atoms with Crippen LogP contribution in [-0.4, -0.2) is 53.7 Å². The van der Waals surface area contributed by atoms with Crippen LogP contribution >= 0.6 is 0 Å². The van der Waals surface area contributed by atoms with Gasteiger partial charge in [-0.2, -0.15) is 0 Å². The summed E-state index contributed by atoms with van der Waals surface area (Å²) >= 11 is 0. The number of ether oxygens (including phenoxy) is 1. The second-order valence-electron chi connectivity index (χ2n) is 8.15. The molecule has 5 heteroatoms. The summed E-state index contributed by atoms with van der Waals surface area (Å²) in [5.41, 5.74) is 5.31. The highest BCUT2D eigenvalue weighted by Gasteiger charge is 2.41. The molecule has 1 aromatic heterocycles. The molecular formula is C22H29N3O2. The van der Waals surface area contributed by atoms with Gasteiger partial charge in [-0.1, -0.05) is 12.1 Å².